The van der Waals surface area contributed by atoms with E-state index in [1.165, 1.54) is 12.1 Å². The third kappa shape index (κ3) is 2.61. The molecule has 14 heavy (non-hydrogen) atoms. The van der Waals surface area contributed by atoms with Gasteiger partial charge in [-0.3, -0.25) is 0 Å². The second kappa shape index (κ2) is 5.20. The summed E-state index contributed by atoms with van der Waals surface area (Å²) in [5, 5.41) is 9.46. The highest BCUT2D eigenvalue weighted by Gasteiger charge is 2.12. The van der Waals surface area contributed by atoms with E-state index in [0.29, 0.717) is 0 Å². The summed E-state index contributed by atoms with van der Waals surface area (Å²) in [6.07, 6.45) is 1.39. The molecule has 0 unspecified atom stereocenters. The fourth-order valence-electron chi connectivity index (χ4n) is 0.967. The van der Waals surface area contributed by atoms with Crippen LogP contribution < -0.4 is 5.73 Å². The number of benzene rings is 1. The molecule has 1 aromatic carbocycles. The minimum Gasteiger partial charge on any atom is -0.505 e. The number of aromatic hydroxyl groups is 1. The molecule has 0 aliphatic rings. The molecule has 1 atom stereocenters. The first kappa shape index (κ1) is 13.2. The molecule has 0 aliphatic heterocycles. The van der Waals surface area contributed by atoms with Gasteiger partial charge in [-0.2, -0.15) is 0 Å². The van der Waals surface area contributed by atoms with Crippen molar-refractivity contribution in [3.63, 3.8) is 0 Å². The van der Waals surface area contributed by atoms with Crippen molar-refractivity contribution < 1.29 is 9.50 Å². The van der Waals surface area contributed by atoms with Gasteiger partial charge in [-0.25, -0.2) is 4.39 Å². The molecule has 3 N–H and O–H groups in total. The average Bonchev–Trinajstić information content (AvgIpc) is 2.10. The van der Waals surface area contributed by atoms with Gasteiger partial charge in [-0.1, -0.05) is 17.7 Å². The Morgan fingerprint density at radius 1 is 1.57 bits per heavy atom. The molecule has 0 saturated carbocycles. The fraction of sp³-hybridized carbons (Fsp3) is 0.111. The van der Waals surface area contributed by atoms with E-state index in [9.17, 15) is 9.50 Å². The summed E-state index contributed by atoms with van der Waals surface area (Å²) in [4.78, 5) is 0. The van der Waals surface area contributed by atoms with Crippen molar-refractivity contribution in [3.05, 3.63) is 41.2 Å². The molecular weight excluding hydrogens is 228 g/mol. The average molecular weight is 238 g/mol. The van der Waals surface area contributed by atoms with Crippen molar-refractivity contribution in [1.82, 2.24) is 0 Å². The molecule has 0 saturated heterocycles. The maximum Gasteiger partial charge on any atom is 0.166 e. The minimum absolute atomic E-state index is 0. The monoisotopic (exact) mass is 237 g/mol. The highest BCUT2D eigenvalue weighted by Crippen LogP contribution is 2.29. The molecule has 0 aliphatic carbocycles. The van der Waals surface area contributed by atoms with Crippen LogP contribution in [0.4, 0.5) is 4.39 Å². The van der Waals surface area contributed by atoms with Crippen molar-refractivity contribution in [2.24, 2.45) is 5.73 Å². The molecule has 0 amide bonds. The van der Waals surface area contributed by atoms with Crippen LogP contribution in [0, 0.1) is 5.82 Å². The van der Waals surface area contributed by atoms with Crippen molar-refractivity contribution >= 4 is 24.0 Å². The maximum absolute atomic E-state index is 12.9. The summed E-state index contributed by atoms with van der Waals surface area (Å²) < 4.78 is 12.9. The summed E-state index contributed by atoms with van der Waals surface area (Å²) in [6, 6.07) is 1.82. The lowest BCUT2D eigenvalue weighted by Crippen LogP contribution is -2.07. The molecule has 1 aromatic rings. The number of rotatable bonds is 2. The van der Waals surface area contributed by atoms with Crippen LogP contribution >= 0.6 is 24.0 Å². The van der Waals surface area contributed by atoms with E-state index in [0.717, 1.165) is 6.07 Å². The third-order valence-electron chi connectivity index (χ3n) is 1.67. The van der Waals surface area contributed by atoms with E-state index in [1.54, 1.807) is 0 Å². The molecule has 0 fully saturated rings. The van der Waals surface area contributed by atoms with E-state index in [-0.39, 0.29) is 23.0 Å². The Labute approximate surface area is 92.6 Å². The summed E-state index contributed by atoms with van der Waals surface area (Å²) >= 11 is 5.58. The van der Waals surface area contributed by atoms with Crippen LogP contribution in [0.3, 0.4) is 0 Å². The second-order valence-corrected chi connectivity index (χ2v) is 3.02. The number of phenols is 1. The summed E-state index contributed by atoms with van der Waals surface area (Å²) in [7, 11) is 0. The van der Waals surface area contributed by atoms with Gasteiger partial charge in [0, 0.05) is 10.6 Å². The largest absolute Gasteiger partial charge is 0.505 e. The van der Waals surface area contributed by atoms with E-state index >= 15 is 0 Å². The molecule has 5 heteroatoms. The van der Waals surface area contributed by atoms with Crippen LogP contribution in [0.2, 0.25) is 5.02 Å². The predicted molar refractivity (Wildman–Crippen MR) is 57.4 cm³/mol. The highest BCUT2D eigenvalue weighted by molar-refractivity contribution is 6.30. The Morgan fingerprint density at radius 2 is 2.14 bits per heavy atom. The van der Waals surface area contributed by atoms with Crippen LogP contribution in [0.1, 0.15) is 11.6 Å². The quantitative estimate of drug-likeness (QED) is 0.778. The lowest BCUT2D eigenvalue weighted by atomic mass is 10.1. The van der Waals surface area contributed by atoms with E-state index < -0.39 is 17.6 Å². The lowest BCUT2D eigenvalue weighted by molar-refractivity contribution is 0.424. The van der Waals surface area contributed by atoms with Crippen LogP contribution in [0.5, 0.6) is 5.75 Å². The minimum atomic E-state index is -0.778. The van der Waals surface area contributed by atoms with Gasteiger partial charge in [0.25, 0.3) is 0 Å². The SMILES string of the molecule is C=C[C@@H](N)c1cc(Cl)cc(F)c1O.Cl. The maximum atomic E-state index is 12.9. The molecular formula is C9H10Cl2FNO. The zero-order chi connectivity index (χ0) is 10.0. The Morgan fingerprint density at radius 3 is 2.64 bits per heavy atom. The molecule has 1 rings (SSSR count). The van der Waals surface area contributed by atoms with Gasteiger partial charge in [0.2, 0.25) is 0 Å². The van der Waals surface area contributed by atoms with Gasteiger partial charge in [0.05, 0.1) is 6.04 Å². The first-order valence-electron chi connectivity index (χ1n) is 3.62. The zero-order valence-electron chi connectivity index (χ0n) is 7.21. The Kier molecular flexibility index (Phi) is 4.91. The Bertz CT molecular complexity index is 344. The van der Waals surface area contributed by atoms with Gasteiger partial charge in [-0.15, -0.1) is 19.0 Å². The standard InChI is InChI=1S/C9H9ClFNO.ClH/c1-2-8(12)6-3-5(10)4-7(11)9(6)13;/h2-4,8,13H,1,12H2;1H/t8-;/m1./s1. The van der Waals surface area contributed by atoms with Crippen LogP contribution in [-0.4, -0.2) is 5.11 Å². The normalized spacial score (nSPS) is 11.6. The number of nitrogens with two attached hydrogens (primary N) is 1. The van der Waals surface area contributed by atoms with Crippen molar-refractivity contribution in [2.75, 3.05) is 0 Å². The zero-order valence-corrected chi connectivity index (χ0v) is 8.78. The molecule has 2 nitrogen and oxygen atoms in total. The Balaban J connectivity index is 0.00000169. The first-order valence-corrected chi connectivity index (χ1v) is 4.00. The summed E-state index contributed by atoms with van der Waals surface area (Å²) in [6.45, 7) is 3.44. The predicted octanol–water partition coefficient (Wildman–Crippen LogP) is 2.79. The third-order valence-corrected chi connectivity index (χ3v) is 1.89. The van der Waals surface area contributed by atoms with Crippen molar-refractivity contribution in [1.29, 1.82) is 0 Å². The lowest BCUT2D eigenvalue weighted by Gasteiger charge is -2.09. The second-order valence-electron chi connectivity index (χ2n) is 2.59. The highest BCUT2D eigenvalue weighted by atomic mass is 35.5. The Hall–Kier alpha value is -0.770. The van der Waals surface area contributed by atoms with Crippen LogP contribution in [-0.2, 0) is 0 Å². The summed E-state index contributed by atoms with van der Waals surface area (Å²) in [5.41, 5.74) is 5.77. The topological polar surface area (TPSA) is 46.2 Å². The van der Waals surface area contributed by atoms with Gasteiger partial charge >= 0.3 is 0 Å². The molecule has 0 spiro atoms. The summed E-state index contributed by atoms with van der Waals surface area (Å²) in [5.74, 6) is -1.25. The van der Waals surface area contributed by atoms with E-state index in [4.69, 9.17) is 17.3 Å². The molecule has 78 valence electrons. The van der Waals surface area contributed by atoms with Gasteiger partial charge in [-0.05, 0) is 12.1 Å². The van der Waals surface area contributed by atoms with Crippen LogP contribution in [0.15, 0.2) is 24.8 Å². The van der Waals surface area contributed by atoms with Gasteiger partial charge in [0.15, 0.2) is 11.6 Å². The smallest absolute Gasteiger partial charge is 0.166 e. The van der Waals surface area contributed by atoms with E-state index in [1.807, 2.05) is 0 Å². The van der Waals surface area contributed by atoms with Crippen molar-refractivity contribution in [3.8, 4) is 5.75 Å². The van der Waals surface area contributed by atoms with E-state index in [2.05, 4.69) is 6.58 Å². The molecule has 0 radical (unpaired) electrons. The molecule has 0 aromatic heterocycles. The first-order chi connectivity index (χ1) is 6.06. The van der Waals surface area contributed by atoms with Crippen LogP contribution in [0.25, 0.3) is 0 Å². The van der Waals surface area contributed by atoms with Gasteiger partial charge in [0.1, 0.15) is 0 Å². The number of hydrogen-bond acceptors (Lipinski definition) is 2. The fourth-order valence-corrected chi connectivity index (χ4v) is 1.18. The van der Waals surface area contributed by atoms with Gasteiger partial charge < -0.3 is 10.8 Å². The number of halogens is 3. The van der Waals surface area contributed by atoms with Crippen molar-refractivity contribution in [2.45, 2.75) is 6.04 Å². The number of hydrogen-bond donors (Lipinski definition) is 2. The number of phenolic OH excluding ortho intramolecular Hbond substituents is 1. The molecule has 0 bridgehead atoms. The molecule has 0 heterocycles.